The van der Waals surface area contributed by atoms with Crippen LogP contribution in [0.15, 0.2) is 36.7 Å². The van der Waals surface area contributed by atoms with Gasteiger partial charge in [-0.05, 0) is 45.0 Å². The summed E-state index contributed by atoms with van der Waals surface area (Å²) in [5, 5.41) is 11.8. The van der Waals surface area contributed by atoms with Crippen LogP contribution in [0.1, 0.15) is 26.5 Å². The van der Waals surface area contributed by atoms with E-state index in [1.807, 2.05) is 51.1 Å². The van der Waals surface area contributed by atoms with Gasteiger partial charge in [0.2, 0.25) is 0 Å². The van der Waals surface area contributed by atoms with E-state index in [0.717, 1.165) is 11.4 Å². The van der Waals surface area contributed by atoms with Crippen LogP contribution in [0.4, 0.5) is 11.5 Å². The first-order valence-corrected chi connectivity index (χ1v) is 6.24. The average Bonchev–Trinajstić information content (AvgIpc) is 2.40. The molecule has 2 rings (SSSR count). The Labute approximate surface area is 118 Å². The molecule has 0 aliphatic carbocycles. The lowest BCUT2D eigenvalue weighted by Gasteiger charge is -2.21. The molecule has 0 bridgehead atoms. The van der Waals surface area contributed by atoms with Gasteiger partial charge >= 0.3 is 0 Å². The summed E-state index contributed by atoms with van der Waals surface area (Å²) in [6.45, 7) is 6.02. The zero-order chi connectivity index (χ0) is 14.6. The summed E-state index contributed by atoms with van der Waals surface area (Å²) in [6, 6.07) is 9.52. The molecule has 1 aromatic carbocycles. The van der Waals surface area contributed by atoms with Gasteiger partial charge < -0.3 is 10.1 Å². The highest BCUT2D eigenvalue weighted by molar-refractivity contribution is 5.56. The topological polar surface area (TPSA) is 70.8 Å². The van der Waals surface area contributed by atoms with Crippen molar-refractivity contribution in [3.63, 3.8) is 0 Å². The minimum absolute atomic E-state index is 0.215. The first-order chi connectivity index (χ1) is 9.46. The second-order valence-corrected chi connectivity index (χ2v) is 5.26. The summed E-state index contributed by atoms with van der Waals surface area (Å²) in [4.78, 5) is 8.05. The van der Waals surface area contributed by atoms with Crippen LogP contribution in [0.25, 0.3) is 0 Å². The van der Waals surface area contributed by atoms with Crippen molar-refractivity contribution in [1.82, 2.24) is 9.97 Å². The predicted molar refractivity (Wildman–Crippen MR) is 76.9 cm³/mol. The van der Waals surface area contributed by atoms with Gasteiger partial charge in [-0.2, -0.15) is 5.26 Å². The SMILES string of the molecule is CC(C)(C)Oc1ccc(Nc2cnc(C#N)cn2)cc1. The van der Waals surface area contributed by atoms with E-state index in [-0.39, 0.29) is 5.60 Å². The fraction of sp³-hybridized carbons (Fsp3) is 0.267. The monoisotopic (exact) mass is 268 g/mol. The molecule has 0 aliphatic rings. The van der Waals surface area contributed by atoms with E-state index in [2.05, 4.69) is 15.3 Å². The average molecular weight is 268 g/mol. The first-order valence-electron chi connectivity index (χ1n) is 6.24. The van der Waals surface area contributed by atoms with E-state index in [1.165, 1.54) is 12.4 Å². The van der Waals surface area contributed by atoms with E-state index in [0.29, 0.717) is 11.5 Å². The summed E-state index contributed by atoms with van der Waals surface area (Å²) in [7, 11) is 0. The van der Waals surface area contributed by atoms with E-state index < -0.39 is 0 Å². The van der Waals surface area contributed by atoms with Crippen molar-refractivity contribution < 1.29 is 4.74 Å². The second kappa shape index (κ2) is 5.57. The predicted octanol–water partition coefficient (Wildman–Crippen LogP) is 3.27. The van der Waals surface area contributed by atoms with Crippen LogP contribution < -0.4 is 10.1 Å². The number of hydrogen-bond donors (Lipinski definition) is 1. The molecule has 0 unspecified atom stereocenters. The van der Waals surface area contributed by atoms with E-state index in [1.54, 1.807) is 0 Å². The normalized spacial score (nSPS) is 10.7. The van der Waals surface area contributed by atoms with Gasteiger partial charge in [-0.3, -0.25) is 0 Å². The molecule has 5 heteroatoms. The molecule has 0 atom stereocenters. The summed E-state index contributed by atoms with van der Waals surface area (Å²) >= 11 is 0. The smallest absolute Gasteiger partial charge is 0.158 e. The van der Waals surface area contributed by atoms with Crippen LogP contribution in [-0.2, 0) is 0 Å². The third-order valence-electron chi connectivity index (χ3n) is 2.32. The number of aromatic nitrogens is 2. The molecule has 5 nitrogen and oxygen atoms in total. The van der Waals surface area contributed by atoms with Crippen LogP contribution in [0.5, 0.6) is 5.75 Å². The van der Waals surface area contributed by atoms with Gasteiger partial charge in [0, 0.05) is 5.69 Å². The van der Waals surface area contributed by atoms with Gasteiger partial charge in [0.15, 0.2) is 5.69 Å². The van der Waals surface area contributed by atoms with Crippen LogP contribution >= 0.6 is 0 Å². The Hall–Kier alpha value is -2.61. The van der Waals surface area contributed by atoms with Crippen LogP contribution in [0.3, 0.4) is 0 Å². The van der Waals surface area contributed by atoms with Gasteiger partial charge in [0.25, 0.3) is 0 Å². The summed E-state index contributed by atoms with van der Waals surface area (Å²) < 4.78 is 5.75. The highest BCUT2D eigenvalue weighted by Crippen LogP contribution is 2.21. The molecule has 102 valence electrons. The Balaban J connectivity index is 2.05. The van der Waals surface area contributed by atoms with Gasteiger partial charge in [0.05, 0.1) is 12.4 Å². The molecular weight excluding hydrogens is 252 g/mol. The number of nitrogens with one attached hydrogen (secondary N) is 1. The first kappa shape index (κ1) is 13.8. The van der Waals surface area contributed by atoms with Gasteiger partial charge in [0.1, 0.15) is 23.2 Å². The molecule has 1 heterocycles. The lowest BCUT2D eigenvalue weighted by atomic mass is 10.2. The lowest BCUT2D eigenvalue weighted by molar-refractivity contribution is 0.131. The van der Waals surface area contributed by atoms with Crippen molar-refractivity contribution in [3.05, 3.63) is 42.4 Å². The zero-order valence-corrected chi connectivity index (χ0v) is 11.7. The molecule has 0 fully saturated rings. The number of benzene rings is 1. The second-order valence-electron chi connectivity index (χ2n) is 5.26. The van der Waals surface area contributed by atoms with Crippen molar-refractivity contribution in [3.8, 4) is 11.8 Å². The van der Waals surface area contributed by atoms with Gasteiger partial charge in [-0.1, -0.05) is 0 Å². The molecule has 2 aromatic rings. The summed E-state index contributed by atoms with van der Waals surface area (Å²) in [5.74, 6) is 1.41. The molecule has 0 radical (unpaired) electrons. The molecule has 20 heavy (non-hydrogen) atoms. The Morgan fingerprint density at radius 2 is 1.80 bits per heavy atom. The number of ether oxygens (including phenoxy) is 1. The Morgan fingerprint density at radius 3 is 2.30 bits per heavy atom. The largest absolute Gasteiger partial charge is 0.488 e. The minimum Gasteiger partial charge on any atom is -0.488 e. The van der Waals surface area contributed by atoms with E-state index >= 15 is 0 Å². The van der Waals surface area contributed by atoms with Crippen molar-refractivity contribution in [2.45, 2.75) is 26.4 Å². The fourth-order valence-electron chi connectivity index (χ4n) is 1.56. The molecule has 0 amide bonds. The van der Waals surface area contributed by atoms with E-state index in [9.17, 15) is 0 Å². The summed E-state index contributed by atoms with van der Waals surface area (Å²) in [6.07, 6.45) is 2.96. The molecule has 0 aliphatic heterocycles. The standard InChI is InChI=1S/C15H16N4O/c1-15(2,3)20-13-6-4-11(5-7-13)19-14-10-17-12(8-16)9-18-14/h4-7,9-10H,1-3H3,(H,18,19). The zero-order valence-electron chi connectivity index (χ0n) is 11.7. The molecular formula is C15H16N4O. The number of nitrogens with zero attached hydrogens (tertiary/aromatic N) is 3. The third kappa shape index (κ3) is 3.95. The van der Waals surface area contributed by atoms with Crippen molar-refractivity contribution in [2.24, 2.45) is 0 Å². The minimum atomic E-state index is -0.215. The number of hydrogen-bond acceptors (Lipinski definition) is 5. The fourth-order valence-corrected chi connectivity index (χ4v) is 1.56. The highest BCUT2D eigenvalue weighted by atomic mass is 16.5. The van der Waals surface area contributed by atoms with Crippen molar-refractivity contribution in [1.29, 1.82) is 5.26 Å². The number of rotatable bonds is 3. The van der Waals surface area contributed by atoms with Crippen LogP contribution in [-0.4, -0.2) is 15.6 Å². The Bertz CT molecular complexity index is 606. The lowest BCUT2D eigenvalue weighted by Crippen LogP contribution is -2.22. The maximum absolute atomic E-state index is 8.65. The van der Waals surface area contributed by atoms with Crippen molar-refractivity contribution in [2.75, 3.05) is 5.32 Å². The van der Waals surface area contributed by atoms with Crippen molar-refractivity contribution >= 4 is 11.5 Å². The highest BCUT2D eigenvalue weighted by Gasteiger charge is 2.11. The van der Waals surface area contributed by atoms with Crippen LogP contribution in [0.2, 0.25) is 0 Å². The third-order valence-corrected chi connectivity index (χ3v) is 2.32. The van der Waals surface area contributed by atoms with Gasteiger partial charge in [-0.25, -0.2) is 9.97 Å². The maximum Gasteiger partial charge on any atom is 0.158 e. The molecule has 1 N–H and O–H groups in total. The quantitative estimate of drug-likeness (QED) is 0.925. The Kier molecular flexibility index (Phi) is 3.85. The van der Waals surface area contributed by atoms with E-state index in [4.69, 9.17) is 10.00 Å². The molecule has 0 spiro atoms. The molecule has 0 saturated heterocycles. The number of anilines is 2. The Morgan fingerprint density at radius 1 is 1.10 bits per heavy atom. The maximum atomic E-state index is 8.65. The molecule has 0 saturated carbocycles. The molecule has 1 aromatic heterocycles. The van der Waals surface area contributed by atoms with Gasteiger partial charge in [-0.15, -0.1) is 0 Å². The number of nitriles is 1. The van der Waals surface area contributed by atoms with Crippen LogP contribution in [0, 0.1) is 11.3 Å². The summed E-state index contributed by atoms with van der Waals surface area (Å²) in [5.41, 5.74) is 0.961.